The van der Waals surface area contributed by atoms with Crippen LogP contribution in [0.25, 0.3) is 0 Å². The first-order valence-corrected chi connectivity index (χ1v) is 6.05. The summed E-state index contributed by atoms with van der Waals surface area (Å²) in [6.07, 6.45) is 2.71. The Morgan fingerprint density at radius 1 is 1.56 bits per heavy atom. The zero-order valence-electron chi connectivity index (χ0n) is 9.87. The summed E-state index contributed by atoms with van der Waals surface area (Å²) in [5.74, 6) is 0. The van der Waals surface area contributed by atoms with Crippen LogP contribution in [-0.2, 0) is 4.74 Å². The van der Waals surface area contributed by atoms with Gasteiger partial charge in [-0.1, -0.05) is 17.7 Å². The molecule has 0 aliphatic rings. The van der Waals surface area contributed by atoms with Crippen LogP contribution in [0.5, 0.6) is 0 Å². The second kappa shape index (κ2) is 7.60. The van der Waals surface area contributed by atoms with E-state index in [1.807, 2.05) is 19.1 Å². The van der Waals surface area contributed by atoms with Crippen molar-refractivity contribution in [3.8, 4) is 0 Å². The highest BCUT2D eigenvalue weighted by Gasteiger charge is 2.08. The van der Waals surface area contributed by atoms with Gasteiger partial charge in [0.1, 0.15) is 5.15 Å². The van der Waals surface area contributed by atoms with Crippen LogP contribution in [0.2, 0.25) is 5.15 Å². The van der Waals surface area contributed by atoms with Gasteiger partial charge < -0.3 is 10.1 Å². The van der Waals surface area contributed by atoms with Gasteiger partial charge in [0.25, 0.3) is 0 Å². The van der Waals surface area contributed by atoms with E-state index in [4.69, 9.17) is 16.3 Å². The molecule has 1 atom stereocenters. The molecule has 0 saturated carbocycles. The second-order valence-electron chi connectivity index (χ2n) is 3.61. The summed E-state index contributed by atoms with van der Waals surface area (Å²) < 4.78 is 5.27. The van der Waals surface area contributed by atoms with Crippen molar-refractivity contribution in [1.29, 1.82) is 0 Å². The molecule has 0 bridgehead atoms. The van der Waals surface area contributed by atoms with Crippen molar-refractivity contribution < 1.29 is 4.74 Å². The van der Waals surface area contributed by atoms with Crippen LogP contribution < -0.4 is 5.32 Å². The van der Waals surface area contributed by atoms with Gasteiger partial charge in [-0.25, -0.2) is 4.98 Å². The minimum absolute atomic E-state index is 0.225. The van der Waals surface area contributed by atoms with Gasteiger partial charge in [-0.15, -0.1) is 0 Å². The monoisotopic (exact) mass is 242 g/mol. The Labute approximate surface area is 102 Å². The van der Waals surface area contributed by atoms with E-state index in [1.54, 1.807) is 6.20 Å². The third kappa shape index (κ3) is 4.47. The molecular formula is C12H19ClN2O. The van der Waals surface area contributed by atoms with Crippen LogP contribution in [0.3, 0.4) is 0 Å². The average Bonchev–Trinajstić information content (AvgIpc) is 2.29. The summed E-state index contributed by atoms with van der Waals surface area (Å²) in [6, 6.07) is 4.12. The molecule has 0 aromatic carbocycles. The predicted octanol–water partition coefficient (Wildman–Crippen LogP) is 2.81. The second-order valence-corrected chi connectivity index (χ2v) is 3.97. The van der Waals surface area contributed by atoms with E-state index in [9.17, 15) is 0 Å². The molecule has 1 unspecified atom stereocenters. The number of halogens is 1. The Bertz CT molecular complexity index is 307. The lowest BCUT2D eigenvalue weighted by atomic mass is 10.1. The molecule has 1 aromatic rings. The standard InChI is InChI=1S/C12H19ClN2O/c1-3-16-9-5-8-14-10(2)11-6-4-7-15-12(11)13/h4,6-7,10,14H,3,5,8-9H2,1-2H3. The maximum absolute atomic E-state index is 6.01. The fraction of sp³-hybridized carbons (Fsp3) is 0.583. The molecule has 4 heteroatoms. The van der Waals surface area contributed by atoms with Gasteiger partial charge in [0, 0.05) is 31.0 Å². The largest absolute Gasteiger partial charge is 0.382 e. The summed E-state index contributed by atoms with van der Waals surface area (Å²) >= 11 is 6.01. The summed E-state index contributed by atoms with van der Waals surface area (Å²) in [5.41, 5.74) is 1.04. The van der Waals surface area contributed by atoms with Gasteiger partial charge in [0.15, 0.2) is 0 Å². The lowest BCUT2D eigenvalue weighted by Gasteiger charge is -2.14. The van der Waals surface area contributed by atoms with E-state index in [1.165, 1.54) is 0 Å². The molecule has 3 nitrogen and oxygen atoms in total. The first-order valence-electron chi connectivity index (χ1n) is 5.67. The molecular weight excluding hydrogens is 224 g/mol. The molecule has 0 aliphatic heterocycles. The van der Waals surface area contributed by atoms with Crippen molar-refractivity contribution >= 4 is 11.6 Å². The van der Waals surface area contributed by atoms with Crippen molar-refractivity contribution in [1.82, 2.24) is 10.3 Å². The average molecular weight is 243 g/mol. The summed E-state index contributed by atoms with van der Waals surface area (Å²) in [6.45, 7) is 6.60. The van der Waals surface area contributed by atoms with Crippen LogP contribution in [0.15, 0.2) is 18.3 Å². The van der Waals surface area contributed by atoms with E-state index in [-0.39, 0.29) is 6.04 Å². The van der Waals surface area contributed by atoms with Gasteiger partial charge in [-0.05, 0) is 32.9 Å². The molecule has 1 heterocycles. The van der Waals surface area contributed by atoms with Crippen LogP contribution in [0.4, 0.5) is 0 Å². The molecule has 90 valence electrons. The Morgan fingerprint density at radius 3 is 3.06 bits per heavy atom. The minimum atomic E-state index is 0.225. The Kier molecular flexibility index (Phi) is 6.38. The molecule has 0 saturated heterocycles. The maximum Gasteiger partial charge on any atom is 0.133 e. The number of aromatic nitrogens is 1. The first-order chi connectivity index (χ1) is 7.75. The first kappa shape index (κ1) is 13.4. The van der Waals surface area contributed by atoms with Gasteiger partial charge in [0.2, 0.25) is 0 Å². The highest BCUT2D eigenvalue weighted by Crippen LogP contribution is 2.19. The lowest BCUT2D eigenvalue weighted by Crippen LogP contribution is -2.21. The predicted molar refractivity (Wildman–Crippen MR) is 66.8 cm³/mol. The maximum atomic E-state index is 6.01. The van der Waals surface area contributed by atoms with Crippen LogP contribution in [-0.4, -0.2) is 24.7 Å². The molecule has 0 spiro atoms. The molecule has 1 rings (SSSR count). The number of pyridine rings is 1. The number of hydrogen-bond donors (Lipinski definition) is 1. The highest BCUT2D eigenvalue weighted by atomic mass is 35.5. The van der Waals surface area contributed by atoms with Crippen molar-refractivity contribution in [3.63, 3.8) is 0 Å². The SMILES string of the molecule is CCOCCCNC(C)c1cccnc1Cl. The normalized spacial score (nSPS) is 12.7. The van der Waals surface area contributed by atoms with Crippen molar-refractivity contribution in [2.24, 2.45) is 0 Å². The topological polar surface area (TPSA) is 34.1 Å². The van der Waals surface area contributed by atoms with Crippen LogP contribution in [0.1, 0.15) is 31.9 Å². The Morgan fingerprint density at radius 2 is 2.38 bits per heavy atom. The van der Waals surface area contributed by atoms with Crippen molar-refractivity contribution in [2.75, 3.05) is 19.8 Å². The third-order valence-electron chi connectivity index (χ3n) is 2.37. The number of hydrogen-bond acceptors (Lipinski definition) is 3. The number of ether oxygens (including phenoxy) is 1. The summed E-state index contributed by atoms with van der Waals surface area (Å²) in [4.78, 5) is 4.06. The minimum Gasteiger partial charge on any atom is -0.382 e. The van der Waals surface area contributed by atoms with E-state index in [2.05, 4.69) is 17.2 Å². The third-order valence-corrected chi connectivity index (χ3v) is 2.69. The van der Waals surface area contributed by atoms with Crippen LogP contribution >= 0.6 is 11.6 Å². The summed E-state index contributed by atoms with van der Waals surface area (Å²) in [5, 5.41) is 3.97. The molecule has 0 amide bonds. The van der Waals surface area contributed by atoms with E-state index < -0.39 is 0 Å². The fourth-order valence-electron chi connectivity index (χ4n) is 1.47. The van der Waals surface area contributed by atoms with Crippen molar-refractivity contribution in [3.05, 3.63) is 29.0 Å². The van der Waals surface area contributed by atoms with E-state index >= 15 is 0 Å². The fourth-order valence-corrected chi connectivity index (χ4v) is 1.75. The Balaban J connectivity index is 2.30. The number of rotatable bonds is 7. The highest BCUT2D eigenvalue weighted by molar-refractivity contribution is 6.30. The lowest BCUT2D eigenvalue weighted by molar-refractivity contribution is 0.144. The number of nitrogens with zero attached hydrogens (tertiary/aromatic N) is 1. The zero-order chi connectivity index (χ0) is 11.8. The van der Waals surface area contributed by atoms with E-state index in [0.29, 0.717) is 5.15 Å². The quantitative estimate of drug-likeness (QED) is 0.590. The van der Waals surface area contributed by atoms with Crippen molar-refractivity contribution in [2.45, 2.75) is 26.3 Å². The summed E-state index contributed by atoms with van der Waals surface area (Å²) in [7, 11) is 0. The molecule has 16 heavy (non-hydrogen) atoms. The number of nitrogens with one attached hydrogen (secondary N) is 1. The Hall–Kier alpha value is -0.640. The van der Waals surface area contributed by atoms with Gasteiger partial charge >= 0.3 is 0 Å². The molecule has 1 N–H and O–H groups in total. The molecule has 0 fully saturated rings. The van der Waals surface area contributed by atoms with Crippen LogP contribution in [0, 0.1) is 0 Å². The van der Waals surface area contributed by atoms with E-state index in [0.717, 1.165) is 31.7 Å². The zero-order valence-corrected chi connectivity index (χ0v) is 10.6. The van der Waals surface area contributed by atoms with Gasteiger partial charge in [-0.2, -0.15) is 0 Å². The van der Waals surface area contributed by atoms with Gasteiger partial charge in [-0.3, -0.25) is 0 Å². The molecule has 0 radical (unpaired) electrons. The van der Waals surface area contributed by atoms with Gasteiger partial charge in [0.05, 0.1) is 0 Å². The molecule has 0 aliphatic carbocycles. The smallest absolute Gasteiger partial charge is 0.133 e. The molecule has 1 aromatic heterocycles.